The number of hydrogen-bond acceptors (Lipinski definition) is 11. The van der Waals surface area contributed by atoms with E-state index in [0.717, 1.165) is 77.0 Å². The van der Waals surface area contributed by atoms with Crippen molar-refractivity contribution in [3.8, 4) is 0 Å². The molecule has 0 saturated carbocycles. The minimum absolute atomic E-state index is 0.0989. The number of phosphoric acid groups is 2. The van der Waals surface area contributed by atoms with Gasteiger partial charge in [-0.2, -0.15) is 0 Å². The van der Waals surface area contributed by atoms with Crippen LogP contribution in [0.15, 0.2) is 60.8 Å². The summed E-state index contributed by atoms with van der Waals surface area (Å²) in [4.78, 5) is 52.7. The molecule has 0 spiro atoms. The molecule has 0 heterocycles. The third-order valence-electron chi connectivity index (χ3n) is 8.94. The van der Waals surface area contributed by atoms with E-state index in [1.54, 1.807) is 0 Å². The van der Waals surface area contributed by atoms with Crippen LogP contribution in [0.1, 0.15) is 162 Å². The van der Waals surface area contributed by atoms with Gasteiger partial charge in [-0.15, -0.1) is 0 Å². The quantitative estimate of drug-likeness (QED) is 0.0167. The van der Waals surface area contributed by atoms with Crippen LogP contribution >= 0.6 is 15.6 Å². The highest BCUT2D eigenvalue weighted by molar-refractivity contribution is 7.47. The second-order valence-electron chi connectivity index (χ2n) is 14.8. The molecule has 1 unspecified atom stereocenters. The van der Waals surface area contributed by atoms with Crippen molar-refractivity contribution in [3.05, 3.63) is 60.8 Å². The minimum atomic E-state index is -4.87. The second kappa shape index (κ2) is 39.6. The number of esters is 2. The van der Waals surface area contributed by atoms with E-state index in [9.17, 15) is 33.8 Å². The molecule has 0 fully saturated rings. The Labute approximate surface area is 360 Å². The maximum Gasteiger partial charge on any atom is 0.472 e. The lowest BCUT2D eigenvalue weighted by atomic mass is 10.1. The molecule has 348 valence electrons. The number of unbranched alkanes of at least 4 members (excludes halogenated alkanes) is 13. The fourth-order valence-electron chi connectivity index (χ4n) is 5.53. The Bertz CT molecular complexity index is 1310. The maximum atomic E-state index is 12.7. The van der Waals surface area contributed by atoms with Crippen molar-refractivity contribution in [1.29, 1.82) is 0 Å². The molecule has 0 saturated heterocycles. The van der Waals surface area contributed by atoms with Gasteiger partial charge in [0, 0.05) is 12.8 Å². The summed E-state index contributed by atoms with van der Waals surface area (Å²) in [7, 11) is -9.71. The van der Waals surface area contributed by atoms with E-state index in [1.807, 2.05) is 24.3 Å². The highest BCUT2D eigenvalue weighted by atomic mass is 31.2. The van der Waals surface area contributed by atoms with Crippen LogP contribution in [-0.2, 0) is 41.8 Å². The van der Waals surface area contributed by atoms with Crippen LogP contribution in [0, 0.1) is 0 Å². The zero-order valence-electron chi connectivity index (χ0n) is 36.4. The average molecular weight is 893 g/mol. The molecule has 0 aliphatic rings. The minimum Gasteiger partial charge on any atom is -0.462 e. The normalized spacial score (nSPS) is 15.1. The number of phosphoric ester groups is 2. The Hall–Kier alpha value is -2.22. The molecule has 14 nitrogen and oxygen atoms in total. The number of hydrogen-bond donors (Lipinski definition) is 5. The van der Waals surface area contributed by atoms with Crippen molar-refractivity contribution in [2.45, 2.75) is 180 Å². The maximum absolute atomic E-state index is 12.7. The van der Waals surface area contributed by atoms with Crippen LogP contribution in [0.25, 0.3) is 0 Å². The summed E-state index contributed by atoms with van der Waals surface area (Å²) in [6, 6.07) is 0. The first-order chi connectivity index (χ1) is 28.8. The van der Waals surface area contributed by atoms with E-state index in [1.165, 1.54) is 38.5 Å². The Kier molecular flexibility index (Phi) is 38.1. The van der Waals surface area contributed by atoms with Crippen LogP contribution in [0.5, 0.6) is 0 Å². The van der Waals surface area contributed by atoms with Crippen molar-refractivity contribution in [2.24, 2.45) is 0 Å². The van der Waals surface area contributed by atoms with Gasteiger partial charge in [0.25, 0.3) is 0 Å². The number of rotatable bonds is 41. The Morgan fingerprint density at radius 1 is 0.533 bits per heavy atom. The first-order valence-corrected chi connectivity index (χ1v) is 25.1. The molecular weight excluding hydrogens is 814 g/mol. The zero-order valence-corrected chi connectivity index (χ0v) is 38.2. The number of carbonyl (C=O) groups excluding carboxylic acids is 2. The van der Waals surface area contributed by atoms with Gasteiger partial charge in [0.2, 0.25) is 0 Å². The van der Waals surface area contributed by atoms with Gasteiger partial charge in [-0.05, 0) is 70.6 Å². The van der Waals surface area contributed by atoms with E-state index in [-0.39, 0.29) is 18.9 Å². The first kappa shape index (κ1) is 57.8. The SMILES string of the molecule is CCCCCCCC/C=C\CCCCCCCC(=O)O[C@H](COC(=O)CCC/C=C\C/C=C\C/C=C\C/C=C\[C@@H](O)CCCC)COP(=O)(O)OC[C@@H](O)COP(=O)(O)O. The lowest BCUT2D eigenvalue weighted by Crippen LogP contribution is -2.30. The number of aliphatic hydroxyl groups excluding tert-OH is 2. The molecule has 0 amide bonds. The molecule has 0 radical (unpaired) electrons. The van der Waals surface area contributed by atoms with E-state index in [0.29, 0.717) is 19.3 Å². The van der Waals surface area contributed by atoms with E-state index >= 15 is 0 Å². The predicted molar refractivity (Wildman–Crippen MR) is 236 cm³/mol. The van der Waals surface area contributed by atoms with Crippen molar-refractivity contribution in [2.75, 3.05) is 26.4 Å². The van der Waals surface area contributed by atoms with Crippen LogP contribution in [-0.4, -0.2) is 81.6 Å². The standard InChI is InChI=1S/C44H78O14P2/c1-3-5-7-8-9-10-11-12-13-14-19-22-25-28-31-35-44(48)58-42(39-57-60(52,53)56-37-41(46)36-55-59(49,50)51)38-54-43(47)34-30-27-24-21-18-16-15-17-20-23-26-29-33-40(45)32-6-4-2/h12-13,15-16,20-21,23-24,29,33,40-42,45-46H,3-11,14,17-19,22,25-28,30-32,34-39H2,1-2H3,(H,52,53)(H2,49,50,51)/b13-12-,16-15-,23-20-,24-21-,33-29-/t40-,41-,42+/m0/s1. The summed E-state index contributed by atoms with van der Waals surface area (Å²) in [5.74, 6) is -1.13. The smallest absolute Gasteiger partial charge is 0.462 e. The number of aliphatic hydroxyl groups is 2. The molecule has 0 aromatic carbocycles. The largest absolute Gasteiger partial charge is 0.472 e. The van der Waals surface area contributed by atoms with Gasteiger partial charge in [-0.3, -0.25) is 23.2 Å². The molecule has 5 N–H and O–H groups in total. The van der Waals surface area contributed by atoms with Crippen LogP contribution in [0.3, 0.4) is 0 Å². The molecule has 0 aromatic rings. The molecule has 0 aromatic heterocycles. The summed E-state index contributed by atoms with van der Waals surface area (Å²) in [5.41, 5.74) is 0. The fraction of sp³-hybridized carbons (Fsp3) is 0.727. The van der Waals surface area contributed by atoms with E-state index < -0.39 is 66.2 Å². The number of carbonyl (C=O) groups is 2. The van der Waals surface area contributed by atoms with Gasteiger partial charge in [0.1, 0.15) is 12.7 Å². The Morgan fingerprint density at radius 3 is 1.63 bits per heavy atom. The zero-order chi connectivity index (χ0) is 44.6. The van der Waals surface area contributed by atoms with Gasteiger partial charge in [-0.1, -0.05) is 139 Å². The molecule has 16 heteroatoms. The molecule has 0 bridgehead atoms. The topological polar surface area (TPSA) is 216 Å². The number of allylic oxidation sites excluding steroid dienone is 9. The van der Waals surface area contributed by atoms with Crippen LogP contribution < -0.4 is 0 Å². The fourth-order valence-corrected chi connectivity index (χ4v) is 6.69. The Balaban J connectivity index is 4.64. The molecule has 0 rings (SSSR count). The summed E-state index contributed by atoms with van der Waals surface area (Å²) in [5, 5.41) is 19.6. The van der Waals surface area contributed by atoms with Crippen molar-refractivity contribution in [1.82, 2.24) is 0 Å². The van der Waals surface area contributed by atoms with Gasteiger partial charge < -0.3 is 34.4 Å². The summed E-state index contributed by atoms with van der Waals surface area (Å²) < 4.78 is 47.7. The van der Waals surface area contributed by atoms with Gasteiger partial charge >= 0.3 is 27.6 Å². The predicted octanol–water partition coefficient (Wildman–Crippen LogP) is 10.2. The van der Waals surface area contributed by atoms with E-state index in [2.05, 4.69) is 59.4 Å². The number of ether oxygens (including phenoxy) is 2. The van der Waals surface area contributed by atoms with Crippen molar-refractivity contribution >= 4 is 27.6 Å². The second-order valence-corrected chi connectivity index (χ2v) is 17.5. The third-order valence-corrected chi connectivity index (χ3v) is 10.4. The summed E-state index contributed by atoms with van der Waals surface area (Å²) in [6.07, 6.45) is 38.4. The lowest BCUT2D eigenvalue weighted by Gasteiger charge is -2.20. The molecule has 0 aliphatic heterocycles. The monoisotopic (exact) mass is 892 g/mol. The first-order valence-electron chi connectivity index (χ1n) is 22.1. The highest BCUT2D eigenvalue weighted by Gasteiger charge is 2.28. The van der Waals surface area contributed by atoms with E-state index in [4.69, 9.17) is 23.8 Å². The van der Waals surface area contributed by atoms with Crippen LogP contribution in [0.2, 0.25) is 0 Å². The van der Waals surface area contributed by atoms with Gasteiger partial charge in [-0.25, -0.2) is 9.13 Å². The average Bonchev–Trinajstić information content (AvgIpc) is 3.20. The van der Waals surface area contributed by atoms with Crippen molar-refractivity contribution in [3.63, 3.8) is 0 Å². The Morgan fingerprint density at radius 2 is 1.02 bits per heavy atom. The lowest BCUT2D eigenvalue weighted by molar-refractivity contribution is -0.161. The molecule has 4 atom stereocenters. The van der Waals surface area contributed by atoms with Gasteiger partial charge in [0.15, 0.2) is 6.10 Å². The summed E-state index contributed by atoms with van der Waals surface area (Å²) >= 11 is 0. The highest BCUT2D eigenvalue weighted by Crippen LogP contribution is 2.43. The van der Waals surface area contributed by atoms with Crippen molar-refractivity contribution < 1.29 is 66.7 Å². The van der Waals surface area contributed by atoms with Gasteiger partial charge in [0.05, 0.1) is 25.9 Å². The summed E-state index contributed by atoms with van der Waals surface area (Å²) in [6.45, 7) is 1.51. The van der Waals surface area contributed by atoms with Crippen LogP contribution in [0.4, 0.5) is 0 Å². The molecular formula is C44H78O14P2. The molecule has 0 aliphatic carbocycles. The third kappa shape index (κ3) is 42.5. The molecule has 60 heavy (non-hydrogen) atoms.